The first-order valence-corrected chi connectivity index (χ1v) is 10.9. The molecule has 0 spiro atoms. The van der Waals surface area contributed by atoms with Crippen LogP contribution in [-0.2, 0) is 11.3 Å². The summed E-state index contributed by atoms with van der Waals surface area (Å²) in [5, 5.41) is 8.92. The van der Waals surface area contributed by atoms with Gasteiger partial charge in [0.15, 0.2) is 0 Å². The number of para-hydroxylation sites is 1. The van der Waals surface area contributed by atoms with Crippen molar-refractivity contribution in [3.8, 4) is 5.75 Å². The van der Waals surface area contributed by atoms with Crippen molar-refractivity contribution < 1.29 is 14.3 Å². The van der Waals surface area contributed by atoms with Crippen LogP contribution >= 0.6 is 0 Å². The Balaban J connectivity index is 1.52. The molecule has 0 unspecified atom stereocenters. The molecular formula is C29H24N2O3. The van der Waals surface area contributed by atoms with Crippen molar-refractivity contribution in [2.75, 3.05) is 7.11 Å². The van der Waals surface area contributed by atoms with Crippen LogP contribution in [0.2, 0.25) is 0 Å². The topological polar surface area (TPSA) is 60.2 Å². The van der Waals surface area contributed by atoms with Gasteiger partial charge in [0.1, 0.15) is 18.1 Å². The summed E-state index contributed by atoms with van der Waals surface area (Å²) in [4.78, 5) is 11.6. The molecule has 0 amide bonds. The second kappa shape index (κ2) is 11.4. The first kappa shape index (κ1) is 22.7. The van der Waals surface area contributed by atoms with Crippen LogP contribution in [0.4, 0.5) is 0 Å². The molecule has 0 fully saturated rings. The van der Waals surface area contributed by atoms with E-state index in [1.807, 2.05) is 97.1 Å². The maximum Gasteiger partial charge on any atom is 0.337 e. The summed E-state index contributed by atoms with van der Waals surface area (Å²) in [6.45, 7) is 0.356. The van der Waals surface area contributed by atoms with Gasteiger partial charge in [0, 0.05) is 16.7 Å². The Morgan fingerprint density at radius 3 is 1.94 bits per heavy atom. The molecule has 0 aliphatic rings. The van der Waals surface area contributed by atoms with Gasteiger partial charge in [-0.25, -0.2) is 4.79 Å². The van der Waals surface area contributed by atoms with Crippen LogP contribution in [0.1, 0.15) is 32.6 Å². The van der Waals surface area contributed by atoms with Crippen molar-refractivity contribution in [2.24, 2.45) is 10.2 Å². The smallest absolute Gasteiger partial charge is 0.337 e. The average molecular weight is 449 g/mol. The minimum absolute atomic E-state index is 0.356. The SMILES string of the molecule is COC(=O)c1ccc(COc2ccccc2/C=N/N=C(c2ccccc2)c2ccccc2)cc1. The summed E-state index contributed by atoms with van der Waals surface area (Å²) >= 11 is 0. The number of esters is 1. The van der Waals surface area contributed by atoms with Crippen LogP contribution < -0.4 is 4.74 Å². The van der Waals surface area contributed by atoms with E-state index in [1.165, 1.54) is 7.11 Å². The summed E-state index contributed by atoms with van der Waals surface area (Å²) in [7, 11) is 1.37. The first-order valence-electron chi connectivity index (χ1n) is 10.9. The highest BCUT2D eigenvalue weighted by atomic mass is 16.5. The number of hydrogen-bond acceptors (Lipinski definition) is 5. The van der Waals surface area contributed by atoms with Gasteiger partial charge in [0.05, 0.1) is 18.9 Å². The predicted molar refractivity (Wildman–Crippen MR) is 135 cm³/mol. The monoisotopic (exact) mass is 448 g/mol. The summed E-state index contributed by atoms with van der Waals surface area (Å²) in [5.74, 6) is 0.333. The zero-order valence-electron chi connectivity index (χ0n) is 18.8. The van der Waals surface area contributed by atoms with Crippen molar-refractivity contribution in [3.05, 3.63) is 137 Å². The van der Waals surface area contributed by atoms with Crippen molar-refractivity contribution in [1.29, 1.82) is 0 Å². The molecule has 0 saturated heterocycles. The van der Waals surface area contributed by atoms with Gasteiger partial charge in [-0.2, -0.15) is 5.10 Å². The van der Waals surface area contributed by atoms with E-state index in [4.69, 9.17) is 9.47 Å². The molecule has 0 atom stereocenters. The molecule has 0 bridgehead atoms. The number of methoxy groups -OCH3 is 1. The summed E-state index contributed by atoms with van der Waals surface area (Å²) in [6, 6.07) is 34.8. The van der Waals surface area contributed by atoms with Gasteiger partial charge < -0.3 is 9.47 Å². The average Bonchev–Trinajstić information content (AvgIpc) is 2.91. The molecule has 0 radical (unpaired) electrons. The molecule has 34 heavy (non-hydrogen) atoms. The quantitative estimate of drug-likeness (QED) is 0.191. The molecule has 4 aromatic carbocycles. The van der Waals surface area contributed by atoms with E-state index in [0.29, 0.717) is 17.9 Å². The minimum Gasteiger partial charge on any atom is -0.488 e. The van der Waals surface area contributed by atoms with Gasteiger partial charge in [-0.15, -0.1) is 5.10 Å². The number of rotatable bonds is 8. The lowest BCUT2D eigenvalue weighted by Gasteiger charge is -2.09. The molecule has 4 aromatic rings. The van der Waals surface area contributed by atoms with E-state index in [9.17, 15) is 4.79 Å². The highest BCUT2D eigenvalue weighted by molar-refractivity contribution is 6.13. The largest absolute Gasteiger partial charge is 0.488 e. The Morgan fingerprint density at radius 2 is 1.32 bits per heavy atom. The van der Waals surface area contributed by atoms with Crippen molar-refractivity contribution in [3.63, 3.8) is 0 Å². The Kier molecular flexibility index (Phi) is 7.59. The number of carbonyl (C=O) groups excluding carboxylic acids is 1. The van der Waals surface area contributed by atoms with Crippen LogP contribution in [0.3, 0.4) is 0 Å². The molecule has 168 valence electrons. The molecular weight excluding hydrogens is 424 g/mol. The second-order valence-corrected chi connectivity index (χ2v) is 7.44. The van der Waals surface area contributed by atoms with Gasteiger partial charge in [-0.05, 0) is 29.8 Å². The molecule has 4 rings (SSSR count). The molecule has 0 heterocycles. The number of benzene rings is 4. The van der Waals surface area contributed by atoms with Crippen molar-refractivity contribution in [1.82, 2.24) is 0 Å². The van der Waals surface area contributed by atoms with Gasteiger partial charge >= 0.3 is 5.97 Å². The van der Waals surface area contributed by atoms with E-state index in [2.05, 4.69) is 10.2 Å². The summed E-state index contributed by atoms with van der Waals surface area (Å²) in [5.41, 5.74) is 5.04. The van der Waals surface area contributed by atoms with Crippen LogP contribution in [0, 0.1) is 0 Å². The highest BCUT2D eigenvalue weighted by Gasteiger charge is 2.07. The predicted octanol–water partition coefficient (Wildman–Crippen LogP) is 5.92. The Labute approximate surface area is 199 Å². The maximum absolute atomic E-state index is 11.6. The number of carbonyl (C=O) groups is 1. The fraction of sp³-hybridized carbons (Fsp3) is 0.0690. The molecule has 0 saturated carbocycles. The molecule has 0 aromatic heterocycles. The molecule has 5 nitrogen and oxygen atoms in total. The minimum atomic E-state index is -0.361. The lowest BCUT2D eigenvalue weighted by Crippen LogP contribution is -2.03. The number of nitrogens with zero attached hydrogens (tertiary/aromatic N) is 2. The second-order valence-electron chi connectivity index (χ2n) is 7.44. The molecule has 0 aliphatic heterocycles. The van der Waals surface area contributed by atoms with E-state index in [-0.39, 0.29) is 5.97 Å². The highest BCUT2D eigenvalue weighted by Crippen LogP contribution is 2.19. The third-order valence-electron chi connectivity index (χ3n) is 5.14. The molecule has 0 N–H and O–H groups in total. The molecule has 0 aliphatic carbocycles. The van der Waals surface area contributed by atoms with Crippen LogP contribution in [0.5, 0.6) is 5.75 Å². The molecule has 5 heteroatoms. The lowest BCUT2D eigenvalue weighted by atomic mass is 10.0. The normalized spacial score (nSPS) is 10.6. The van der Waals surface area contributed by atoms with Gasteiger partial charge in [-0.1, -0.05) is 84.9 Å². The van der Waals surface area contributed by atoms with E-state index < -0.39 is 0 Å². The van der Waals surface area contributed by atoms with E-state index in [0.717, 1.165) is 28.0 Å². The van der Waals surface area contributed by atoms with E-state index in [1.54, 1.807) is 18.3 Å². The van der Waals surface area contributed by atoms with Gasteiger partial charge in [0.25, 0.3) is 0 Å². The van der Waals surface area contributed by atoms with Crippen molar-refractivity contribution >= 4 is 17.9 Å². The van der Waals surface area contributed by atoms with E-state index >= 15 is 0 Å². The van der Waals surface area contributed by atoms with Gasteiger partial charge in [-0.3, -0.25) is 0 Å². The van der Waals surface area contributed by atoms with Gasteiger partial charge in [0.2, 0.25) is 0 Å². The standard InChI is InChI=1S/C29H24N2O3/c1-33-29(32)25-18-16-22(17-19-25)21-34-27-15-9-8-14-26(27)20-30-31-28(23-10-4-2-5-11-23)24-12-6-3-7-13-24/h2-20H,21H2,1H3/b30-20+. The van der Waals surface area contributed by atoms with Crippen LogP contribution in [-0.4, -0.2) is 25.0 Å². The Hall–Kier alpha value is -4.51. The number of hydrogen-bond donors (Lipinski definition) is 0. The fourth-order valence-corrected chi connectivity index (χ4v) is 3.36. The third-order valence-corrected chi connectivity index (χ3v) is 5.14. The first-order chi connectivity index (χ1) is 16.7. The Morgan fingerprint density at radius 1 is 0.735 bits per heavy atom. The van der Waals surface area contributed by atoms with Crippen LogP contribution in [0.15, 0.2) is 119 Å². The van der Waals surface area contributed by atoms with Crippen LogP contribution in [0.25, 0.3) is 0 Å². The summed E-state index contributed by atoms with van der Waals surface area (Å²) < 4.78 is 10.8. The number of ether oxygens (including phenoxy) is 2. The Bertz CT molecular complexity index is 1240. The zero-order chi connectivity index (χ0) is 23.6. The third kappa shape index (κ3) is 5.84. The lowest BCUT2D eigenvalue weighted by molar-refractivity contribution is 0.0600. The van der Waals surface area contributed by atoms with Crippen molar-refractivity contribution in [2.45, 2.75) is 6.61 Å². The fourth-order valence-electron chi connectivity index (χ4n) is 3.36. The summed E-state index contributed by atoms with van der Waals surface area (Å²) in [6.07, 6.45) is 1.70. The zero-order valence-corrected chi connectivity index (χ0v) is 18.8. The maximum atomic E-state index is 11.6.